The van der Waals surface area contributed by atoms with E-state index in [9.17, 15) is 0 Å². The maximum Gasteiger partial charge on any atom is 0.0503 e. The van der Waals surface area contributed by atoms with E-state index in [0.717, 1.165) is 28.0 Å². The minimum atomic E-state index is -0.160. The fraction of sp³-hybridized carbons (Fsp3) is 0.0638. The van der Waals surface area contributed by atoms with Crippen LogP contribution in [0.1, 0.15) is 30.5 Å². The van der Waals surface area contributed by atoms with Gasteiger partial charge in [-0.25, -0.2) is 0 Å². The fourth-order valence-corrected chi connectivity index (χ4v) is 7.60. The molecule has 0 saturated heterocycles. The van der Waals surface area contributed by atoms with Gasteiger partial charge in [0.05, 0.1) is 11.4 Å². The minimum absolute atomic E-state index is 0.160. The zero-order valence-corrected chi connectivity index (χ0v) is 28.2. The highest BCUT2D eigenvalue weighted by Crippen LogP contribution is 2.52. The van der Waals surface area contributed by atoms with Crippen molar-refractivity contribution < 1.29 is 0 Å². The van der Waals surface area contributed by atoms with Crippen LogP contribution in [0, 0.1) is 0 Å². The summed E-state index contributed by atoms with van der Waals surface area (Å²) in [5.41, 5.74) is 14.2. The van der Waals surface area contributed by atoms with Gasteiger partial charge in [0.25, 0.3) is 0 Å². The van der Waals surface area contributed by atoms with Crippen LogP contribution >= 0.6 is 0 Å². The highest BCUT2D eigenvalue weighted by atomic mass is 15.2. The maximum absolute atomic E-state index is 3.66. The Labute approximate surface area is 293 Å². The molecule has 0 unspecified atom stereocenters. The number of anilines is 5. The Kier molecular flexibility index (Phi) is 7.14. The normalized spacial score (nSPS) is 13.4. The van der Waals surface area contributed by atoms with Crippen LogP contribution in [0.3, 0.4) is 0 Å². The quantitative estimate of drug-likeness (QED) is 0.195. The number of para-hydroxylation sites is 4. The third-order valence-electron chi connectivity index (χ3n) is 10.2. The molecule has 1 aromatic heterocycles. The third kappa shape index (κ3) is 5.07. The van der Waals surface area contributed by atoms with Crippen molar-refractivity contribution in [3.05, 3.63) is 193 Å². The van der Waals surface area contributed by atoms with Crippen LogP contribution < -0.4 is 9.80 Å². The van der Waals surface area contributed by atoms with Gasteiger partial charge in [-0.2, -0.15) is 0 Å². The molecule has 0 bridgehead atoms. The van der Waals surface area contributed by atoms with E-state index in [1.165, 1.54) is 50.1 Å². The summed E-state index contributed by atoms with van der Waals surface area (Å²) in [5.74, 6) is 0. The largest absolute Gasteiger partial charge is 0.355 e. The number of H-pyrrole nitrogens is 1. The predicted molar refractivity (Wildman–Crippen MR) is 212 cm³/mol. The first kappa shape index (κ1) is 29.8. The van der Waals surface area contributed by atoms with Gasteiger partial charge in [-0.3, -0.25) is 0 Å². The molecule has 2 heterocycles. The number of benzene rings is 7. The summed E-state index contributed by atoms with van der Waals surface area (Å²) in [4.78, 5) is 8.30. The van der Waals surface area contributed by atoms with Gasteiger partial charge in [0.15, 0.2) is 0 Å². The average Bonchev–Trinajstić information content (AvgIpc) is 3.53. The highest BCUT2D eigenvalue weighted by Gasteiger charge is 2.36. The van der Waals surface area contributed by atoms with E-state index in [1.54, 1.807) is 0 Å². The number of fused-ring (bicyclic) bond motifs is 5. The number of nitrogens with one attached hydrogen (secondary N) is 1. The molecule has 0 radical (unpaired) electrons. The van der Waals surface area contributed by atoms with Gasteiger partial charge in [0, 0.05) is 50.5 Å². The van der Waals surface area contributed by atoms with Gasteiger partial charge < -0.3 is 14.8 Å². The van der Waals surface area contributed by atoms with Crippen LogP contribution in [0.4, 0.5) is 28.4 Å². The van der Waals surface area contributed by atoms with Gasteiger partial charge in [0.1, 0.15) is 0 Å². The van der Waals surface area contributed by atoms with Crippen molar-refractivity contribution in [2.45, 2.75) is 19.3 Å². The number of aromatic amines is 1. The number of aromatic nitrogens is 1. The molecule has 3 heteroatoms. The second kappa shape index (κ2) is 12.0. The molecule has 240 valence electrons. The fourth-order valence-electron chi connectivity index (χ4n) is 7.60. The van der Waals surface area contributed by atoms with Crippen molar-refractivity contribution in [1.82, 2.24) is 4.98 Å². The van der Waals surface area contributed by atoms with Gasteiger partial charge in [-0.05, 0) is 113 Å². The predicted octanol–water partition coefficient (Wildman–Crippen LogP) is 12.9. The van der Waals surface area contributed by atoms with E-state index in [1.807, 2.05) is 0 Å². The first-order chi connectivity index (χ1) is 24.5. The summed E-state index contributed by atoms with van der Waals surface area (Å²) in [5, 5.41) is 2.45. The highest BCUT2D eigenvalue weighted by molar-refractivity contribution is 6.09. The molecule has 9 rings (SSSR count). The van der Waals surface area contributed by atoms with Crippen LogP contribution in [0.15, 0.2) is 176 Å². The summed E-state index contributed by atoms with van der Waals surface area (Å²) in [6, 6.07) is 61.0. The monoisotopic (exact) mass is 643 g/mol. The first-order valence-electron chi connectivity index (χ1n) is 17.3. The van der Waals surface area contributed by atoms with Crippen LogP contribution in [0.2, 0.25) is 0 Å². The Morgan fingerprint density at radius 1 is 0.520 bits per heavy atom. The number of nitrogens with zero attached hydrogens (tertiary/aromatic N) is 2. The summed E-state index contributed by atoms with van der Waals surface area (Å²) in [6.45, 7) is 4.71. The molecule has 1 aliphatic rings. The van der Waals surface area contributed by atoms with E-state index < -0.39 is 0 Å². The molecule has 8 aromatic rings. The third-order valence-corrected chi connectivity index (χ3v) is 10.2. The average molecular weight is 644 g/mol. The molecule has 0 atom stereocenters. The van der Waals surface area contributed by atoms with Crippen LogP contribution in [-0.2, 0) is 5.41 Å². The number of rotatable bonds is 6. The van der Waals surface area contributed by atoms with Crippen LogP contribution in [-0.4, -0.2) is 4.98 Å². The SMILES string of the molecule is CC1(C)c2ccccc2N(c2ccccc2)c2ccc(-c3ccc4[nH]c5ccc(/C=C/N(c6ccccc6)c6ccccc6)cc5c4c3)cc21. The lowest BCUT2D eigenvalue weighted by Crippen LogP contribution is -2.30. The molecule has 50 heavy (non-hydrogen) atoms. The molecule has 0 fully saturated rings. The van der Waals surface area contributed by atoms with Crippen molar-refractivity contribution in [3.63, 3.8) is 0 Å². The first-order valence-corrected chi connectivity index (χ1v) is 17.3. The summed E-state index contributed by atoms with van der Waals surface area (Å²) in [6.07, 6.45) is 4.36. The van der Waals surface area contributed by atoms with E-state index in [-0.39, 0.29) is 5.41 Å². The Balaban J connectivity index is 1.11. The molecule has 0 spiro atoms. The Bertz CT molecular complexity index is 2470. The molecule has 1 aliphatic heterocycles. The molecule has 3 nitrogen and oxygen atoms in total. The molecule has 7 aromatic carbocycles. The molecule has 0 saturated carbocycles. The second-order valence-corrected chi connectivity index (χ2v) is 13.6. The summed E-state index contributed by atoms with van der Waals surface area (Å²) < 4.78 is 0. The van der Waals surface area contributed by atoms with Crippen molar-refractivity contribution in [2.24, 2.45) is 0 Å². The smallest absolute Gasteiger partial charge is 0.0503 e. The maximum atomic E-state index is 3.66. The Hall–Kier alpha value is -6.32. The molecular formula is C47H37N3. The topological polar surface area (TPSA) is 22.3 Å². The summed E-state index contributed by atoms with van der Waals surface area (Å²) >= 11 is 0. The van der Waals surface area contributed by atoms with E-state index in [2.05, 4.69) is 211 Å². The van der Waals surface area contributed by atoms with Gasteiger partial charge >= 0.3 is 0 Å². The molecule has 0 aliphatic carbocycles. The van der Waals surface area contributed by atoms with Crippen molar-refractivity contribution in [1.29, 1.82) is 0 Å². The van der Waals surface area contributed by atoms with Crippen molar-refractivity contribution in [3.8, 4) is 11.1 Å². The summed E-state index contributed by atoms with van der Waals surface area (Å²) in [7, 11) is 0. The van der Waals surface area contributed by atoms with Gasteiger partial charge in [-0.15, -0.1) is 0 Å². The lowest BCUT2D eigenvalue weighted by molar-refractivity contribution is 0.632. The van der Waals surface area contributed by atoms with Gasteiger partial charge in [-0.1, -0.05) is 105 Å². The second-order valence-electron chi connectivity index (χ2n) is 13.6. The molecular weight excluding hydrogens is 607 g/mol. The Morgan fingerprint density at radius 2 is 1.08 bits per heavy atom. The zero-order chi connectivity index (χ0) is 33.7. The number of hydrogen-bond acceptors (Lipinski definition) is 2. The lowest BCUT2D eigenvalue weighted by Gasteiger charge is -2.42. The van der Waals surface area contributed by atoms with E-state index in [0.29, 0.717) is 0 Å². The van der Waals surface area contributed by atoms with Gasteiger partial charge in [0.2, 0.25) is 0 Å². The van der Waals surface area contributed by atoms with Crippen LogP contribution in [0.5, 0.6) is 0 Å². The van der Waals surface area contributed by atoms with Crippen LogP contribution in [0.25, 0.3) is 39.0 Å². The van der Waals surface area contributed by atoms with E-state index >= 15 is 0 Å². The molecule has 0 amide bonds. The standard InChI is InChI=1S/C47H37N3/c1-47(2)41-20-12-13-21-45(41)50(38-18-10-5-11-19-38)46-27-24-35(32-42(46)47)34-23-26-44-40(31-34)39-30-33(22-25-43(39)48-44)28-29-49(36-14-6-3-7-15-36)37-16-8-4-9-17-37/h3-32,48H,1-2H3/b29-28+. The minimum Gasteiger partial charge on any atom is -0.355 e. The molecule has 1 N–H and O–H groups in total. The van der Waals surface area contributed by atoms with E-state index in [4.69, 9.17) is 0 Å². The zero-order valence-electron chi connectivity index (χ0n) is 28.2. The van der Waals surface area contributed by atoms with Crippen molar-refractivity contribution >= 4 is 56.3 Å². The Morgan fingerprint density at radius 3 is 1.80 bits per heavy atom. The lowest BCUT2D eigenvalue weighted by atomic mass is 9.73. The van der Waals surface area contributed by atoms with Crippen molar-refractivity contribution in [2.75, 3.05) is 9.80 Å². The number of hydrogen-bond donors (Lipinski definition) is 1.